The average molecular weight is 315 g/mol. The lowest BCUT2D eigenvalue weighted by atomic mass is 10.1. The second-order valence-electron chi connectivity index (χ2n) is 4.80. The lowest BCUT2D eigenvalue weighted by Crippen LogP contribution is -2.35. The fourth-order valence-electron chi connectivity index (χ4n) is 1.84. The van der Waals surface area contributed by atoms with E-state index in [1.165, 1.54) is 0 Å². The number of urea groups is 1. The molecule has 1 aromatic rings. The molecule has 0 bridgehead atoms. The molecule has 0 radical (unpaired) electrons. The summed E-state index contributed by atoms with van der Waals surface area (Å²) in [6, 6.07) is 6.50. The van der Waals surface area contributed by atoms with Gasteiger partial charge in [-0.1, -0.05) is 19.1 Å². The van der Waals surface area contributed by atoms with Crippen LogP contribution in [0.1, 0.15) is 25.5 Å². The first kappa shape index (κ1) is 19.2. The number of anilines is 1. The second-order valence-corrected chi connectivity index (χ2v) is 4.80. The van der Waals surface area contributed by atoms with Crippen LogP contribution in [0, 0.1) is 5.92 Å². The van der Waals surface area contributed by atoms with Crippen molar-refractivity contribution in [1.29, 1.82) is 0 Å². The van der Waals surface area contributed by atoms with Crippen molar-refractivity contribution in [3.63, 3.8) is 0 Å². The summed E-state index contributed by atoms with van der Waals surface area (Å²) in [4.78, 5) is 22.6. The number of carbonyl (C=O) groups excluding carboxylic acids is 2. The molecular weight excluding hydrogens is 292 g/mol. The van der Waals surface area contributed by atoms with E-state index in [0.717, 1.165) is 5.56 Å². The Hall–Kier alpha value is -1.79. The van der Waals surface area contributed by atoms with Crippen molar-refractivity contribution >= 4 is 30.0 Å². The summed E-state index contributed by atoms with van der Waals surface area (Å²) in [7, 11) is 1.82. The Morgan fingerprint density at radius 3 is 2.24 bits per heavy atom. The van der Waals surface area contributed by atoms with E-state index in [4.69, 9.17) is 5.73 Å². The van der Waals surface area contributed by atoms with Crippen LogP contribution in [0.5, 0.6) is 0 Å². The van der Waals surface area contributed by atoms with E-state index in [2.05, 4.69) is 16.0 Å². The third kappa shape index (κ3) is 6.46. The number of hydrogen-bond donors (Lipinski definition) is 4. The molecule has 118 valence electrons. The number of nitrogens with one attached hydrogen (secondary N) is 3. The zero-order valence-electron chi connectivity index (χ0n) is 12.5. The molecule has 1 rings (SSSR count). The second kappa shape index (κ2) is 9.20. The molecule has 1 aromatic carbocycles. The predicted octanol–water partition coefficient (Wildman–Crippen LogP) is 1.63. The summed E-state index contributed by atoms with van der Waals surface area (Å²) in [6.07, 6.45) is 0. The van der Waals surface area contributed by atoms with Gasteiger partial charge in [-0.25, -0.2) is 4.79 Å². The van der Waals surface area contributed by atoms with Crippen molar-refractivity contribution in [3.05, 3.63) is 29.8 Å². The average Bonchev–Trinajstić information content (AvgIpc) is 2.39. The molecule has 0 aliphatic heterocycles. The van der Waals surface area contributed by atoms with Gasteiger partial charge < -0.3 is 21.7 Å². The Kier molecular flexibility index (Phi) is 8.42. The number of hydrogen-bond acceptors (Lipinski definition) is 3. The van der Waals surface area contributed by atoms with Gasteiger partial charge in [0.2, 0.25) is 5.91 Å². The van der Waals surface area contributed by atoms with Gasteiger partial charge in [0, 0.05) is 18.2 Å². The van der Waals surface area contributed by atoms with E-state index in [0.29, 0.717) is 12.2 Å². The van der Waals surface area contributed by atoms with Gasteiger partial charge in [0.25, 0.3) is 0 Å². The SMILES string of the molecule is CNCC(C)C(=O)NC(C)c1ccc(NC(N)=O)cc1.Cl. The van der Waals surface area contributed by atoms with E-state index >= 15 is 0 Å². The molecule has 6 nitrogen and oxygen atoms in total. The Balaban J connectivity index is 0.00000400. The standard InChI is InChI=1S/C14H22N4O2.ClH/c1-9(8-16-3)13(19)17-10(2)11-4-6-12(7-5-11)18-14(15)20;/h4-7,9-10,16H,8H2,1-3H3,(H,17,19)(H3,15,18,20);1H. The van der Waals surface area contributed by atoms with Gasteiger partial charge in [-0.2, -0.15) is 0 Å². The summed E-state index contributed by atoms with van der Waals surface area (Å²) < 4.78 is 0. The quantitative estimate of drug-likeness (QED) is 0.642. The third-order valence-electron chi connectivity index (χ3n) is 2.99. The fourth-order valence-corrected chi connectivity index (χ4v) is 1.84. The molecule has 3 amide bonds. The van der Waals surface area contributed by atoms with Crippen molar-refractivity contribution in [1.82, 2.24) is 10.6 Å². The number of carbonyl (C=O) groups is 2. The molecule has 21 heavy (non-hydrogen) atoms. The topological polar surface area (TPSA) is 96.2 Å². The van der Waals surface area contributed by atoms with Crippen LogP contribution in [-0.2, 0) is 4.79 Å². The molecule has 0 aromatic heterocycles. The van der Waals surface area contributed by atoms with Crippen LogP contribution < -0.4 is 21.7 Å². The van der Waals surface area contributed by atoms with Gasteiger partial charge in [-0.05, 0) is 31.7 Å². The van der Waals surface area contributed by atoms with Gasteiger partial charge in [0.15, 0.2) is 0 Å². The molecule has 0 aliphatic rings. The first-order valence-electron chi connectivity index (χ1n) is 6.55. The number of amides is 3. The lowest BCUT2D eigenvalue weighted by Gasteiger charge is -2.18. The molecule has 7 heteroatoms. The summed E-state index contributed by atoms with van der Waals surface area (Å²) >= 11 is 0. The van der Waals surface area contributed by atoms with Gasteiger partial charge in [-0.15, -0.1) is 12.4 Å². The van der Waals surface area contributed by atoms with Crippen LogP contribution in [0.3, 0.4) is 0 Å². The molecule has 0 fully saturated rings. The van der Waals surface area contributed by atoms with Crippen LogP contribution in [0.2, 0.25) is 0 Å². The Labute approximate surface area is 131 Å². The number of halogens is 1. The van der Waals surface area contributed by atoms with E-state index in [1.54, 1.807) is 12.1 Å². The molecule has 0 saturated carbocycles. The molecule has 5 N–H and O–H groups in total. The van der Waals surface area contributed by atoms with E-state index in [1.807, 2.05) is 33.0 Å². The lowest BCUT2D eigenvalue weighted by molar-refractivity contribution is -0.125. The summed E-state index contributed by atoms with van der Waals surface area (Å²) in [5.41, 5.74) is 6.63. The molecule has 0 saturated heterocycles. The van der Waals surface area contributed by atoms with E-state index < -0.39 is 6.03 Å². The zero-order valence-corrected chi connectivity index (χ0v) is 13.3. The largest absolute Gasteiger partial charge is 0.351 e. The molecule has 0 spiro atoms. The summed E-state index contributed by atoms with van der Waals surface area (Å²) in [5, 5.41) is 8.41. The minimum atomic E-state index is -0.597. The highest BCUT2D eigenvalue weighted by atomic mass is 35.5. The minimum Gasteiger partial charge on any atom is -0.351 e. The molecule has 0 aliphatic carbocycles. The zero-order chi connectivity index (χ0) is 15.1. The number of rotatable bonds is 6. The highest BCUT2D eigenvalue weighted by molar-refractivity contribution is 5.87. The molecule has 2 unspecified atom stereocenters. The smallest absolute Gasteiger partial charge is 0.316 e. The molecule has 0 heterocycles. The van der Waals surface area contributed by atoms with Crippen molar-refractivity contribution < 1.29 is 9.59 Å². The van der Waals surface area contributed by atoms with Crippen molar-refractivity contribution in [3.8, 4) is 0 Å². The predicted molar refractivity (Wildman–Crippen MR) is 86.5 cm³/mol. The fraction of sp³-hybridized carbons (Fsp3) is 0.429. The van der Waals surface area contributed by atoms with Crippen LogP contribution in [0.15, 0.2) is 24.3 Å². The first-order chi connectivity index (χ1) is 9.43. The van der Waals surface area contributed by atoms with E-state index in [-0.39, 0.29) is 30.3 Å². The Morgan fingerprint density at radius 1 is 1.19 bits per heavy atom. The Morgan fingerprint density at radius 2 is 1.76 bits per heavy atom. The summed E-state index contributed by atoms with van der Waals surface area (Å²) in [6.45, 7) is 4.43. The number of nitrogens with two attached hydrogens (primary N) is 1. The molecular formula is C14H23ClN4O2. The molecule has 2 atom stereocenters. The maximum atomic E-state index is 11.9. The Bertz CT molecular complexity index is 465. The number of primary amides is 1. The van der Waals surface area contributed by atoms with Crippen molar-refractivity contribution in [2.45, 2.75) is 19.9 Å². The monoisotopic (exact) mass is 314 g/mol. The van der Waals surface area contributed by atoms with Crippen LogP contribution >= 0.6 is 12.4 Å². The van der Waals surface area contributed by atoms with Gasteiger partial charge in [0.05, 0.1) is 6.04 Å². The van der Waals surface area contributed by atoms with Gasteiger partial charge in [0.1, 0.15) is 0 Å². The van der Waals surface area contributed by atoms with Crippen LogP contribution in [-0.4, -0.2) is 25.5 Å². The normalized spacial score (nSPS) is 12.7. The van der Waals surface area contributed by atoms with Crippen molar-refractivity contribution in [2.24, 2.45) is 11.7 Å². The minimum absolute atomic E-state index is 0. The maximum Gasteiger partial charge on any atom is 0.316 e. The highest BCUT2D eigenvalue weighted by Gasteiger charge is 2.15. The number of benzene rings is 1. The van der Waals surface area contributed by atoms with Gasteiger partial charge in [-0.3, -0.25) is 4.79 Å². The third-order valence-corrected chi connectivity index (χ3v) is 2.99. The van der Waals surface area contributed by atoms with Crippen LogP contribution in [0.4, 0.5) is 10.5 Å². The van der Waals surface area contributed by atoms with Crippen LogP contribution in [0.25, 0.3) is 0 Å². The van der Waals surface area contributed by atoms with Gasteiger partial charge >= 0.3 is 6.03 Å². The maximum absolute atomic E-state index is 11.9. The first-order valence-corrected chi connectivity index (χ1v) is 6.55. The van der Waals surface area contributed by atoms with Crippen molar-refractivity contribution in [2.75, 3.05) is 18.9 Å². The summed E-state index contributed by atoms with van der Waals surface area (Å²) in [5.74, 6) is -0.0792. The van der Waals surface area contributed by atoms with E-state index in [9.17, 15) is 9.59 Å². The highest BCUT2D eigenvalue weighted by Crippen LogP contribution is 2.16.